The first-order valence-electron chi connectivity index (χ1n) is 4.04. The van der Waals surface area contributed by atoms with E-state index in [1.165, 1.54) is 12.1 Å². The van der Waals surface area contributed by atoms with Crippen molar-refractivity contribution in [1.29, 1.82) is 0 Å². The highest BCUT2D eigenvalue weighted by Gasteiger charge is 2.12. The van der Waals surface area contributed by atoms with Gasteiger partial charge in [-0.15, -0.1) is 21.8 Å². The molecule has 3 nitrogen and oxygen atoms in total. The first-order chi connectivity index (χ1) is 7.20. The van der Waals surface area contributed by atoms with Gasteiger partial charge in [-0.2, -0.15) is 0 Å². The predicted molar refractivity (Wildman–Crippen MR) is 54.3 cm³/mol. The van der Waals surface area contributed by atoms with Crippen LogP contribution in [0.2, 0.25) is 5.02 Å². The number of aromatic nitrogens is 2. The van der Waals surface area contributed by atoms with E-state index in [1.54, 1.807) is 6.07 Å². The summed E-state index contributed by atoms with van der Waals surface area (Å²) in [5, 5.41) is 7.60. The molecule has 0 saturated carbocycles. The summed E-state index contributed by atoms with van der Waals surface area (Å²) < 4.78 is 18.5. The van der Waals surface area contributed by atoms with Crippen LogP contribution in [-0.2, 0) is 5.88 Å². The smallest absolute Gasteiger partial charge is 0.250 e. The summed E-state index contributed by atoms with van der Waals surface area (Å²) in [6.45, 7) is 0. The van der Waals surface area contributed by atoms with E-state index in [4.69, 9.17) is 27.6 Å². The molecular formula is C9H5Cl2FN2O. The highest BCUT2D eigenvalue weighted by atomic mass is 35.5. The molecule has 0 atom stereocenters. The third-order valence-electron chi connectivity index (χ3n) is 1.74. The molecule has 15 heavy (non-hydrogen) atoms. The normalized spacial score (nSPS) is 10.6. The second kappa shape index (κ2) is 4.16. The van der Waals surface area contributed by atoms with Crippen LogP contribution < -0.4 is 0 Å². The zero-order valence-electron chi connectivity index (χ0n) is 7.38. The van der Waals surface area contributed by atoms with Gasteiger partial charge in [0.05, 0.1) is 5.56 Å². The Labute approximate surface area is 94.8 Å². The fourth-order valence-corrected chi connectivity index (χ4v) is 1.35. The highest BCUT2D eigenvalue weighted by molar-refractivity contribution is 6.30. The molecular weight excluding hydrogens is 242 g/mol. The van der Waals surface area contributed by atoms with Crippen LogP contribution in [0.4, 0.5) is 4.39 Å². The van der Waals surface area contributed by atoms with E-state index in [-0.39, 0.29) is 23.2 Å². The van der Waals surface area contributed by atoms with Crippen LogP contribution in [0.3, 0.4) is 0 Å². The molecule has 0 aliphatic carbocycles. The molecule has 0 aliphatic rings. The first-order valence-corrected chi connectivity index (χ1v) is 4.95. The van der Waals surface area contributed by atoms with Crippen molar-refractivity contribution in [2.24, 2.45) is 0 Å². The molecule has 6 heteroatoms. The van der Waals surface area contributed by atoms with Crippen molar-refractivity contribution in [3.05, 3.63) is 34.9 Å². The van der Waals surface area contributed by atoms with Crippen molar-refractivity contribution in [2.75, 3.05) is 0 Å². The van der Waals surface area contributed by atoms with Gasteiger partial charge in [0.15, 0.2) is 0 Å². The number of benzene rings is 1. The first kappa shape index (κ1) is 10.4. The summed E-state index contributed by atoms with van der Waals surface area (Å²) in [6, 6.07) is 4.20. The number of alkyl halides is 1. The second-order valence-electron chi connectivity index (χ2n) is 2.76. The van der Waals surface area contributed by atoms with E-state index >= 15 is 0 Å². The zero-order chi connectivity index (χ0) is 10.8. The van der Waals surface area contributed by atoms with Gasteiger partial charge in [-0.25, -0.2) is 4.39 Å². The average Bonchev–Trinajstić information content (AvgIpc) is 2.66. The Bertz CT molecular complexity index is 487. The topological polar surface area (TPSA) is 38.9 Å². The quantitative estimate of drug-likeness (QED) is 0.764. The van der Waals surface area contributed by atoms with E-state index in [0.29, 0.717) is 5.02 Å². The van der Waals surface area contributed by atoms with Gasteiger partial charge < -0.3 is 4.42 Å². The molecule has 2 aromatic rings. The molecule has 1 aromatic heterocycles. The lowest BCUT2D eigenvalue weighted by molar-refractivity contribution is 0.521. The zero-order valence-corrected chi connectivity index (χ0v) is 8.89. The molecule has 0 bridgehead atoms. The van der Waals surface area contributed by atoms with Crippen molar-refractivity contribution < 1.29 is 8.81 Å². The third-order valence-corrected chi connectivity index (χ3v) is 2.21. The Morgan fingerprint density at radius 1 is 1.33 bits per heavy atom. The molecule has 0 fully saturated rings. The summed E-state index contributed by atoms with van der Waals surface area (Å²) in [5.41, 5.74) is 0.211. The largest absolute Gasteiger partial charge is 0.419 e. The predicted octanol–water partition coefficient (Wildman–Crippen LogP) is 3.27. The SMILES string of the molecule is Fc1cc(Cl)ccc1-c1nnc(CCl)o1. The molecule has 0 saturated heterocycles. The second-order valence-corrected chi connectivity index (χ2v) is 3.46. The minimum atomic E-state index is -0.507. The molecule has 1 heterocycles. The van der Waals surface area contributed by atoms with Crippen molar-refractivity contribution in [1.82, 2.24) is 10.2 Å². The van der Waals surface area contributed by atoms with Crippen LogP contribution in [0.15, 0.2) is 22.6 Å². The number of hydrogen-bond acceptors (Lipinski definition) is 3. The minimum Gasteiger partial charge on any atom is -0.419 e. The Kier molecular flexibility index (Phi) is 2.88. The minimum absolute atomic E-state index is 0.0971. The maximum Gasteiger partial charge on any atom is 0.250 e. The Hall–Kier alpha value is -1.13. The van der Waals surface area contributed by atoms with E-state index < -0.39 is 5.82 Å². The van der Waals surface area contributed by atoms with Gasteiger partial charge in [0, 0.05) is 5.02 Å². The monoisotopic (exact) mass is 246 g/mol. The van der Waals surface area contributed by atoms with E-state index in [2.05, 4.69) is 10.2 Å². The third kappa shape index (κ3) is 2.11. The van der Waals surface area contributed by atoms with Gasteiger partial charge in [-0.05, 0) is 18.2 Å². The van der Waals surface area contributed by atoms with Crippen molar-refractivity contribution in [2.45, 2.75) is 5.88 Å². The van der Waals surface area contributed by atoms with Crippen LogP contribution in [0, 0.1) is 5.82 Å². The van der Waals surface area contributed by atoms with Gasteiger partial charge in [0.25, 0.3) is 5.89 Å². The van der Waals surface area contributed by atoms with Gasteiger partial charge in [-0.1, -0.05) is 11.6 Å². The maximum absolute atomic E-state index is 13.4. The summed E-state index contributed by atoms with van der Waals surface area (Å²) in [4.78, 5) is 0. The molecule has 2 rings (SSSR count). The van der Waals surface area contributed by atoms with Crippen LogP contribution in [0.1, 0.15) is 5.89 Å². The molecule has 1 aromatic carbocycles. The lowest BCUT2D eigenvalue weighted by Crippen LogP contribution is -1.84. The summed E-state index contributed by atoms with van der Waals surface area (Å²) in [5.74, 6) is -0.0597. The maximum atomic E-state index is 13.4. The number of hydrogen-bond donors (Lipinski definition) is 0. The van der Waals surface area contributed by atoms with Gasteiger partial charge in [0.1, 0.15) is 11.7 Å². The summed E-state index contributed by atoms with van der Waals surface area (Å²) >= 11 is 11.1. The van der Waals surface area contributed by atoms with Gasteiger partial charge >= 0.3 is 0 Å². The molecule has 0 radical (unpaired) electrons. The average molecular weight is 247 g/mol. The Morgan fingerprint density at radius 3 is 2.73 bits per heavy atom. The summed E-state index contributed by atoms with van der Waals surface area (Å²) in [6.07, 6.45) is 0. The highest BCUT2D eigenvalue weighted by Crippen LogP contribution is 2.24. The van der Waals surface area contributed by atoms with Crippen molar-refractivity contribution >= 4 is 23.2 Å². The van der Waals surface area contributed by atoms with Crippen LogP contribution >= 0.6 is 23.2 Å². The molecule has 0 N–H and O–H groups in total. The lowest BCUT2D eigenvalue weighted by Gasteiger charge is -1.97. The number of nitrogens with zero attached hydrogens (tertiary/aromatic N) is 2. The van der Waals surface area contributed by atoms with Crippen LogP contribution in [0.25, 0.3) is 11.5 Å². The standard InChI is InChI=1S/C9H5Cl2FN2O/c10-4-8-13-14-9(15-8)6-2-1-5(11)3-7(6)12/h1-3H,4H2. The van der Waals surface area contributed by atoms with E-state index in [1.807, 2.05) is 0 Å². The number of rotatable bonds is 2. The molecule has 0 amide bonds. The Balaban J connectivity index is 2.44. The van der Waals surface area contributed by atoms with Crippen molar-refractivity contribution in [3.63, 3.8) is 0 Å². The van der Waals surface area contributed by atoms with Crippen LogP contribution in [-0.4, -0.2) is 10.2 Å². The Morgan fingerprint density at radius 2 is 2.13 bits per heavy atom. The lowest BCUT2D eigenvalue weighted by atomic mass is 10.2. The molecule has 78 valence electrons. The van der Waals surface area contributed by atoms with E-state index in [0.717, 1.165) is 0 Å². The molecule has 0 unspecified atom stereocenters. The van der Waals surface area contributed by atoms with Crippen molar-refractivity contribution in [3.8, 4) is 11.5 Å². The molecule has 0 spiro atoms. The number of halogens is 3. The summed E-state index contributed by atoms with van der Waals surface area (Å²) in [7, 11) is 0. The fourth-order valence-electron chi connectivity index (χ4n) is 1.08. The molecule has 0 aliphatic heterocycles. The van der Waals surface area contributed by atoms with Gasteiger partial charge in [-0.3, -0.25) is 0 Å². The van der Waals surface area contributed by atoms with Crippen LogP contribution in [0.5, 0.6) is 0 Å². The van der Waals surface area contributed by atoms with E-state index in [9.17, 15) is 4.39 Å². The van der Waals surface area contributed by atoms with Gasteiger partial charge in [0.2, 0.25) is 5.89 Å². The fraction of sp³-hybridized carbons (Fsp3) is 0.111.